The number of carbonyl (C=O) groups excluding carboxylic acids is 1. The number of hydrogen-bond donors (Lipinski definition) is 2. The van der Waals surface area contributed by atoms with Gasteiger partial charge in [0.05, 0.1) is 5.56 Å². The van der Waals surface area contributed by atoms with Crippen molar-refractivity contribution in [2.24, 2.45) is 5.41 Å². The number of nitrogens with zero attached hydrogens (tertiary/aromatic N) is 1. The van der Waals surface area contributed by atoms with Crippen molar-refractivity contribution in [1.29, 1.82) is 0 Å². The minimum absolute atomic E-state index is 0. The average Bonchev–Trinajstić information content (AvgIpc) is 2.97. The molecule has 2 aliphatic rings. The highest BCUT2D eigenvalue weighted by molar-refractivity contribution is 7.07. The van der Waals surface area contributed by atoms with Crippen LogP contribution in [0, 0.1) is 12.3 Å². The van der Waals surface area contributed by atoms with Gasteiger partial charge < -0.3 is 15.2 Å². The molecule has 1 amide bonds. The molecular weight excluding hydrogens is 342 g/mol. The molecule has 1 spiro atoms. The van der Waals surface area contributed by atoms with Crippen molar-refractivity contribution in [2.75, 3.05) is 13.1 Å². The van der Waals surface area contributed by atoms with Gasteiger partial charge in [-0.25, -0.2) is 0 Å². The molecule has 4 nitrogen and oxygen atoms in total. The molecule has 2 aromatic rings. The van der Waals surface area contributed by atoms with Crippen molar-refractivity contribution in [3.05, 3.63) is 45.9 Å². The summed E-state index contributed by atoms with van der Waals surface area (Å²) >= 11 is 1.70. The van der Waals surface area contributed by atoms with Gasteiger partial charge in [-0.1, -0.05) is 0 Å². The second-order valence-electron chi connectivity index (χ2n) is 6.91. The van der Waals surface area contributed by atoms with Crippen LogP contribution in [-0.2, 0) is 6.54 Å². The van der Waals surface area contributed by atoms with E-state index >= 15 is 0 Å². The van der Waals surface area contributed by atoms with E-state index in [4.69, 9.17) is 0 Å². The van der Waals surface area contributed by atoms with Crippen LogP contribution in [0.4, 0.5) is 0 Å². The lowest BCUT2D eigenvalue weighted by atomic mass is 9.93. The van der Waals surface area contributed by atoms with Gasteiger partial charge in [0, 0.05) is 24.5 Å². The van der Waals surface area contributed by atoms with Gasteiger partial charge in [0.2, 0.25) is 0 Å². The monoisotopic (exact) mass is 365 g/mol. The first-order valence-corrected chi connectivity index (χ1v) is 9.31. The van der Waals surface area contributed by atoms with E-state index in [1.54, 1.807) is 11.3 Å². The Bertz CT molecular complexity index is 691. The van der Waals surface area contributed by atoms with Crippen LogP contribution in [0.15, 0.2) is 29.1 Å². The second-order valence-corrected chi connectivity index (χ2v) is 7.69. The van der Waals surface area contributed by atoms with Crippen molar-refractivity contribution in [3.8, 4) is 0 Å². The van der Waals surface area contributed by atoms with E-state index in [1.807, 2.05) is 19.2 Å². The zero-order valence-corrected chi connectivity index (χ0v) is 15.5. The van der Waals surface area contributed by atoms with Gasteiger partial charge in [0.15, 0.2) is 0 Å². The zero-order chi connectivity index (χ0) is 15.9. The Hall–Kier alpha value is -1.30. The summed E-state index contributed by atoms with van der Waals surface area (Å²) in [4.78, 5) is 18.4. The van der Waals surface area contributed by atoms with E-state index in [2.05, 4.69) is 32.0 Å². The third-order valence-electron chi connectivity index (χ3n) is 5.50. The van der Waals surface area contributed by atoms with Crippen molar-refractivity contribution in [3.63, 3.8) is 0 Å². The molecule has 2 fully saturated rings. The van der Waals surface area contributed by atoms with E-state index < -0.39 is 0 Å². The Morgan fingerprint density at radius 3 is 2.79 bits per heavy atom. The van der Waals surface area contributed by atoms with Crippen LogP contribution in [0.3, 0.4) is 0 Å². The number of aromatic amines is 1. The Kier molecular flexibility index (Phi) is 5.04. The fourth-order valence-electron chi connectivity index (χ4n) is 3.97. The van der Waals surface area contributed by atoms with Crippen LogP contribution >= 0.6 is 23.7 Å². The van der Waals surface area contributed by atoms with E-state index in [0.29, 0.717) is 11.5 Å². The average molecular weight is 366 g/mol. The zero-order valence-electron chi connectivity index (χ0n) is 13.9. The maximum absolute atomic E-state index is 13.2. The van der Waals surface area contributed by atoms with Crippen molar-refractivity contribution in [1.82, 2.24) is 15.2 Å². The summed E-state index contributed by atoms with van der Waals surface area (Å²) in [7, 11) is 0. The van der Waals surface area contributed by atoms with Crippen LogP contribution in [0.2, 0.25) is 0 Å². The third kappa shape index (κ3) is 3.13. The summed E-state index contributed by atoms with van der Waals surface area (Å²) in [6.07, 6.45) is 5.40. The summed E-state index contributed by atoms with van der Waals surface area (Å²) in [5.41, 5.74) is 3.38. The Morgan fingerprint density at radius 1 is 1.38 bits per heavy atom. The number of rotatable bonds is 4. The number of thiophene rings is 1. The number of amides is 1. The fraction of sp³-hybridized carbons (Fsp3) is 0.500. The first-order valence-electron chi connectivity index (χ1n) is 8.36. The summed E-state index contributed by atoms with van der Waals surface area (Å²) in [6.45, 7) is 4.87. The normalized spacial score (nSPS) is 21.3. The molecule has 4 rings (SSSR count). The first-order chi connectivity index (χ1) is 11.2. The molecule has 1 atom stereocenters. The van der Waals surface area contributed by atoms with Gasteiger partial charge >= 0.3 is 0 Å². The minimum atomic E-state index is 0. The SMILES string of the molecule is Cc1[nH]ccc1C(=O)N(Cc1ccsc1)C1CC12CCNCC2.Cl. The molecule has 24 heavy (non-hydrogen) atoms. The Balaban J connectivity index is 0.00000169. The molecule has 1 aliphatic heterocycles. The number of hydrogen-bond acceptors (Lipinski definition) is 3. The Morgan fingerprint density at radius 2 is 2.17 bits per heavy atom. The predicted molar refractivity (Wildman–Crippen MR) is 99.9 cm³/mol. The molecule has 0 aromatic carbocycles. The third-order valence-corrected chi connectivity index (χ3v) is 6.23. The Labute approximate surface area is 153 Å². The van der Waals surface area contributed by atoms with Gasteiger partial charge in [-0.2, -0.15) is 11.3 Å². The highest BCUT2D eigenvalue weighted by atomic mass is 35.5. The lowest BCUT2D eigenvalue weighted by Gasteiger charge is -2.29. The molecule has 2 aromatic heterocycles. The maximum atomic E-state index is 13.2. The smallest absolute Gasteiger partial charge is 0.256 e. The summed E-state index contributed by atoms with van der Waals surface area (Å²) in [5, 5.41) is 7.69. The number of carbonyl (C=O) groups is 1. The van der Waals surface area contributed by atoms with Crippen LogP contribution in [0.1, 0.15) is 40.9 Å². The second kappa shape index (κ2) is 6.90. The molecule has 1 unspecified atom stereocenters. The van der Waals surface area contributed by atoms with Crippen LogP contribution in [0.5, 0.6) is 0 Å². The molecular formula is C18H24ClN3OS. The minimum Gasteiger partial charge on any atom is -0.365 e. The van der Waals surface area contributed by atoms with Crippen LogP contribution < -0.4 is 5.32 Å². The molecule has 1 saturated heterocycles. The highest BCUT2D eigenvalue weighted by Crippen LogP contribution is 2.56. The standard InChI is InChI=1S/C18H23N3OS.ClH/c1-13-15(2-6-20-13)17(22)21(11-14-3-9-23-12-14)16-10-18(16)4-7-19-8-5-18;/h2-3,6,9,12,16,19-20H,4-5,7-8,10-11H2,1H3;1H. The molecule has 0 radical (unpaired) electrons. The quantitative estimate of drug-likeness (QED) is 0.869. The van der Waals surface area contributed by atoms with Gasteiger partial charge in [0.1, 0.15) is 0 Å². The van der Waals surface area contributed by atoms with E-state index in [9.17, 15) is 4.79 Å². The number of nitrogens with one attached hydrogen (secondary N) is 2. The van der Waals surface area contributed by atoms with E-state index in [-0.39, 0.29) is 18.3 Å². The maximum Gasteiger partial charge on any atom is 0.256 e. The van der Waals surface area contributed by atoms with Crippen LogP contribution in [-0.4, -0.2) is 34.9 Å². The van der Waals surface area contributed by atoms with Gasteiger partial charge in [-0.3, -0.25) is 4.79 Å². The number of piperidine rings is 1. The van der Waals surface area contributed by atoms with E-state index in [1.165, 1.54) is 18.4 Å². The molecule has 130 valence electrons. The number of halogens is 1. The lowest BCUT2D eigenvalue weighted by molar-refractivity contribution is 0.0692. The van der Waals surface area contributed by atoms with Crippen LogP contribution in [0.25, 0.3) is 0 Å². The summed E-state index contributed by atoms with van der Waals surface area (Å²) in [6, 6.07) is 4.44. The van der Waals surface area contributed by atoms with Crippen molar-refractivity contribution in [2.45, 2.75) is 38.8 Å². The molecule has 1 aliphatic carbocycles. The lowest BCUT2D eigenvalue weighted by Crippen LogP contribution is -2.39. The number of H-pyrrole nitrogens is 1. The van der Waals surface area contributed by atoms with Crippen molar-refractivity contribution >= 4 is 29.7 Å². The van der Waals surface area contributed by atoms with Gasteiger partial charge in [0.25, 0.3) is 5.91 Å². The van der Waals surface area contributed by atoms with E-state index in [0.717, 1.165) is 37.3 Å². The first kappa shape index (κ1) is 17.5. The molecule has 1 saturated carbocycles. The van der Waals surface area contributed by atoms with Gasteiger partial charge in [-0.15, -0.1) is 12.4 Å². The molecule has 0 bridgehead atoms. The highest BCUT2D eigenvalue weighted by Gasteiger charge is 2.57. The molecule has 6 heteroatoms. The molecule has 2 N–H and O–H groups in total. The topological polar surface area (TPSA) is 48.1 Å². The largest absolute Gasteiger partial charge is 0.365 e. The number of aromatic nitrogens is 1. The predicted octanol–water partition coefficient (Wildman–Crippen LogP) is 3.59. The summed E-state index contributed by atoms with van der Waals surface area (Å²) < 4.78 is 0. The summed E-state index contributed by atoms with van der Waals surface area (Å²) in [5.74, 6) is 0.176. The van der Waals surface area contributed by atoms with Gasteiger partial charge in [-0.05, 0) is 73.1 Å². The fourth-order valence-corrected chi connectivity index (χ4v) is 4.63. The molecule has 3 heterocycles. The van der Waals surface area contributed by atoms with Crippen molar-refractivity contribution < 1.29 is 4.79 Å². The number of aryl methyl sites for hydroxylation is 1.